The van der Waals surface area contributed by atoms with Crippen LogP contribution in [0, 0.1) is 5.92 Å². The minimum atomic E-state index is 0.522. The molecule has 0 rings (SSSR count). The molecule has 0 saturated heterocycles. The van der Waals surface area contributed by atoms with E-state index in [2.05, 4.69) is 33.4 Å². The molecule has 0 nitrogen and oxygen atoms in total. The molecule has 0 aromatic heterocycles. The van der Waals surface area contributed by atoms with Crippen molar-refractivity contribution < 1.29 is 0 Å². The van der Waals surface area contributed by atoms with Gasteiger partial charge in [0.25, 0.3) is 0 Å². The van der Waals surface area contributed by atoms with Gasteiger partial charge < -0.3 is 0 Å². The summed E-state index contributed by atoms with van der Waals surface area (Å²) in [5.74, 6) is 0.522. The van der Waals surface area contributed by atoms with E-state index in [1.54, 1.807) is 0 Å². The smallest absolute Gasteiger partial charge is 0.0192 e. The van der Waals surface area contributed by atoms with Gasteiger partial charge in [0.1, 0.15) is 0 Å². The number of rotatable bonds is 4. The van der Waals surface area contributed by atoms with E-state index < -0.39 is 0 Å². The van der Waals surface area contributed by atoms with Gasteiger partial charge in [-0.25, -0.2) is 0 Å². The molecule has 11 heavy (non-hydrogen) atoms. The first-order chi connectivity index (χ1) is 5.13. The standard InChI is InChI=1S/C9H15ClS/c1-5-6-9(7(2)3)8(4)11-10/h6-7H,4-5H2,1-3H3/b9-6-. The van der Waals surface area contributed by atoms with Gasteiger partial charge in [-0.3, -0.25) is 0 Å². The molecule has 0 atom stereocenters. The Morgan fingerprint density at radius 2 is 2.18 bits per heavy atom. The molecule has 0 saturated carbocycles. The Morgan fingerprint density at radius 1 is 1.64 bits per heavy atom. The molecular weight excluding hydrogens is 176 g/mol. The molecule has 0 aromatic carbocycles. The fourth-order valence-corrected chi connectivity index (χ4v) is 1.61. The molecule has 0 unspecified atom stereocenters. The first-order valence-electron chi connectivity index (χ1n) is 3.81. The van der Waals surface area contributed by atoms with Gasteiger partial charge in [0.2, 0.25) is 0 Å². The Morgan fingerprint density at radius 3 is 2.45 bits per heavy atom. The molecule has 0 amide bonds. The lowest BCUT2D eigenvalue weighted by molar-refractivity contribution is 0.783. The number of halogens is 1. The maximum Gasteiger partial charge on any atom is 0.0192 e. The molecule has 0 heterocycles. The van der Waals surface area contributed by atoms with E-state index >= 15 is 0 Å². The normalized spacial score (nSPS) is 12.3. The highest BCUT2D eigenvalue weighted by Crippen LogP contribution is 2.30. The third-order valence-corrected chi connectivity index (χ3v) is 2.44. The number of hydrogen-bond acceptors (Lipinski definition) is 1. The molecule has 0 aliphatic heterocycles. The average Bonchev–Trinajstić information content (AvgIpc) is 1.98. The van der Waals surface area contributed by atoms with Crippen molar-refractivity contribution in [3.63, 3.8) is 0 Å². The van der Waals surface area contributed by atoms with Gasteiger partial charge >= 0.3 is 0 Å². The Hall–Kier alpha value is 0.120. The fraction of sp³-hybridized carbons (Fsp3) is 0.556. The van der Waals surface area contributed by atoms with Crippen molar-refractivity contribution >= 4 is 21.7 Å². The maximum absolute atomic E-state index is 5.60. The van der Waals surface area contributed by atoms with Crippen molar-refractivity contribution in [3.05, 3.63) is 23.1 Å². The van der Waals surface area contributed by atoms with Crippen LogP contribution in [0.3, 0.4) is 0 Å². The highest BCUT2D eigenvalue weighted by molar-refractivity contribution is 8.24. The SMILES string of the molecule is C=C(SCl)/C(=C\CC)C(C)C. The Balaban J connectivity index is 4.34. The summed E-state index contributed by atoms with van der Waals surface area (Å²) in [4.78, 5) is 0.975. The summed E-state index contributed by atoms with van der Waals surface area (Å²) in [6, 6.07) is 0. The molecule has 0 aromatic rings. The Kier molecular flexibility index (Phi) is 5.79. The lowest BCUT2D eigenvalue weighted by Crippen LogP contribution is -1.93. The van der Waals surface area contributed by atoms with Crippen molar-refractivity contribution in [3.8, 4) is 0 Å². The summed E-state index contributed by atoms with van der Waals surface area (Å²) >= 11 is 0. The molecule has 0 radical (unpaired) electrons. The summed E-state index contributed by atoms with van der Waals surface area (Å²) < 4.78 is 0. The van der Waals surface area contributed by atoms with E-state index in [0.29, 0.717) is 5.92 Å². The zero-order valence-electron chi connectivity index (χ0n) is 7.36. The largest absolute Gasteiger partial charge is 0.0839 e. The molecule has 0 spiro atoms. The van der Waals surface area contributed by atoms with Crippen LogP contribution in [0.4, 0.5) is 0 Å². The highest BCUT2D eigenvalue weighted by atomic mass is 35.7. The maximum atomic E-state index is 5.60. The topological polar surface area (TPSA) is 0 Å². The first kappa shape index (κ1) is 11.1. The minimum Gasteiger partial charge on any atom is -0.0839 e. The van der Waals surface area contributed by atoms with Gasteiger partial charge in [-0.15, -0.1) is 0 Å². The van der Waals surface area contributed by atoms with Crippen molar-refractivity contribution in [1.29, 1.82) is 0 Å². The van der Waals surface area contributed by atoms with Crippen LogP contribution in [0.15, 0.2) is 23.1 Å². The number of hydrogen-bond donors (Lipinski definition) is 0. The van der Waals surface area contributed by atoms with Gasteiger partial charge in [0.05, 0.1) is 0 Å². The van der Waals surface area contributed by atoms with Gasteiger partial charge in [-0.05, 0) is 39.6 Å². The summed E-state index contributed by atoms with van der Waals surface area (Å²) in [5, 5.41) is 0. The van der Waals surface area contributed by atoms with Gasteiger partial charge in [-0.1, -0.05) is 33.4 Å². The second-order valence-electron chi connectivity index (χ2n) is 2.72. The zero-order chi connectivity index (χ0) is 8.85. The molecule has 64 valence electrons. The van der Waals surface area contributed by atoms with Crippen LogP contribution in [-0.4, -0.2) is 0 Å². The van der Waals surface area contributed by atoms with Crippen molar-refractivity contribution in [1.82, 2.24) is 0 Å². The fourth-order valence-electron chi connectivity index (χ4n) is 0.936. The number of allylic oxidation sites excluding steroid dienone is 2. The summed E-state index contributed by atoms with van der Waals surface area (Å²) in [6.45, 7) is 10.3. The Bertz CT molecular complexity index is 159. The van der Waals surface area contributed by atoms with Crippen LogP contribution in [0.2, 0.25) is 0 Å². The molecular formula is C9H15ClS. The van der Waals surface area contributed by atoms with Crippen molar-refractivity contribution in [2.75, 3.05) is 0 Å². The van der Waals surface area contributed by atoms with E-state index in [0.717, 1.165) is 11.3 Å². The summed E-state index contributed by atoms with van der Waals surface area (Å²) in [5.41, 5.74) is 1.27. The van der Waals surface area contributed by atoms with Crippen LogP contribution in [-0.2, 0) is 0 Å². The highest BCUT2D eigenvalue weighted by Gasteiger charge is 2.05. The summed E-state index contributed by atoms with van der Waals surface area (Å²) in [7, 11) is 6.81. The van der Waals surface area contributed by atoms with E-state index in [-0.39, 0.29) is 0 Å². The molecule has 0 aliphatic carbocycles. The van der Waals surface area contributed by atoms with E-state index in [1.807, 2.05) is 0 Å². The third kappa shape index (κ3) is 3.88. The van der Waals surface area contributed by atoms with Crippen molar-refractivity contribution in [2.24, 2.45) is 5.92 Å². The Labute approximate surface area is 78.2 Å². The monoisotopic (exact) mass is 190 g/mol. The quantitative estimate of drug-likeness (QED) is 0.593. The second kappa shape index (κ2) is 5.73. The van der Waals surface area contributed by atoms with Crippen LogP contribution in [0.5, 0.6) is 0 Å². The molecule has 0 fully saturated rings. The van der Waals surface area contributed by atoms with Gasteiger partial charge in [-0.2, -0.15) is 0 Å². The van der Waals surface area contributed by atoms with Gasteiger partial charge in [0.15, 0.2) is 0 Å². The lowest BCUT2D eigenvalue weighted by atomic mass is 10.0. The van der Waals surface area contributed by atoms with E-state index in [1.165, 1.54) is 16.5 Å². The molecule has 0 bridgehead atoms. The molecule has 2 heteroatoms. The lowest BCUT2D eigenvalue weighted by Gasteiger charge is -2.10. The molecule has 0 aliphatic rings. The summed E-state index contributed by atoms with van der Waals surface area (Å²) in [6.07, 6.45) is 3.23. The average molecular weight is 191 g/mol. The van der Waals surface area contributed by atoms with Crippen LogP contribution in [0.25, 0.3) is 0 Å². The van der Waals surface area contributed by atoms with Crippen LogP contribution >= 0.6 is 21.7 Å². The first-order valence-corrected chi connectivity index (χ1v) is 5.45. The van der Waals surface area contributed by atoms with Crippen molar-refractivity contribution in [2.45, 2.75) is 27.2 Å². The van der Waals surface area contributed by atoms with Gasteiger partial charge in [0, 0.05) is 4.91 Å². The third-order valence-electron chi connectivity index (χ3n) is 1.46. The predicted octanol–water partition coefficient (Wildman–Crippen LogP) is 4.38. The molecule has 0 N–H and O–H groups in total. The van der Waals surface area contributed by atoms with Crippen LogP contribution < -0.4 is 0 Å². The minimum absolute atomic E-state index is 0.522. The van der Waals surface area contributed by atoms with E-state index in [9.17, 15) is 0 Å². The van der Waals surface area contributed by atoms with E-state index in [4.69, 9.17) is 10.7 Å². The second-order valence-corrected chi connectivity index (χ2v) is 3.83. The zero-order valence-corrected chi connectivity index (χ0v) is 8.93. The predicted molar refractivity (Wildman–Crippen MR) is 55.8 cm³/mol. The van der Waals surface area contributed by atoms with Crippen LogP contribution in [0.1, 0.15) is 27.2 Å².